The zero-order valence-corrected chi connectivity index (χ0v) is 9.70. The molecule has 5 nitrogen and oxygen atoms in total. The maximum absolute atomic E-state index is 11.8. The van der Waals surface area contributed by atoms with Gasteiger partial charge in [-0.25, -0.2) is 4.79 Å². The Bertz CT molecular complexity index is 544. The highest BCUT2D eigenvalue weighted by Crippen LogP contribution is 2.25. The summed E-state index contributed by atoms with van der Waals surface area (Å²) >= 11 is 0. The number of rotatable bonds is 1. The number of nitrogens with one attached hydrogen (secondary N) is 1. The van der Waals surface area contributed by atoms with Crippen LogP contribution in [0.2, 0.25) is 0 Å². The van der Waals surface area contributed by atoms with Gasteiger partial charge in [0.2, 0.25) is 5.91 Å². The Morgan fingerprint density at radius 3 is 2.76 bits per heavy atom. The first-order chi connectivity index (χ1) is 7.97. The maximum atomic E-state index is 11.8. The van der Waals surface area contributed by atoms with Crippen LogP contribution in [0, 0.1) is 5.92 Å². The van der Waals surface area contributed by atoms with Gasteiger partial charge in [0.15, 0.2) is 5.78 Å². The van der Waals surface area contributed by atoms with Crippen molar-refractivity contribution < 1.29 is 14.0 Å². The van der Waals surface area contributed by atoms with Crippen LogP contribution in [0.15, 0.2) is 15.3 Å². The molecule has 0 aliphatic heterocycles. The summed E-state index contributed by atoms with van der Waals surface area (Å²) in [5.41, 5.74) is -0.175. The van der Waals surface area contributed by atoms with Crippen molar-refractivity contribution in [1.29, 1.82) is 0 Å². The van der Waals surface area contributed by atoms with Gasteiger partial charge in [0.25, 0.3) is 0 Å². The minimum absolute atomic E-state index is 0.0270. The Morgan fingerprint density at radius 2 is 2.12 bits per heavy atom. The third kappa shape index (κ3) is 2.27. The Balaban J connectivity index is 2.49. The van der Waals surface area contributed by atoms with Gasteiger partial charge in [-0.2, -0.15) is 0 Å². The fourth-order valence-electron chi connectivity index (χ4n) is 1.99. The molecule has 2 rings (SSSR count). The highest BCUT2D eigenvalue weighted by atomic mass is 16.4. The molecule has 1 aromatic rings. The normalized spacial score (nSPS) is 18.7. The minimum atomic E-state index is -0.610. The zero-order valence-electron chi connectivity index (χ0n) is 9.70. The molecule has 17 heavy (non-hydrogen) atoms. The monoisotopic (exact) mass is 235 g/mol. The fraction of sp³-hybridized carbons (Fsp3) is 0.417. The molecule has 0 saturated heterocycles. The highest BCUT2D eigenvalue weighted by Gasteiger charge is 2.26. The van der Waals surface area contributed by atoms with Gasteiger partial charge < -0.3 is 9.73 Å². The van der Waals surface area contributed by atoms with E-state index in [0.717, 1.165) is 0 Å². The molecular formula is C12H13NO4. The van der Waals surface area contributed by atoms with Crippen LogP contribution < -0.4 is 10.9 Å². The summed E-state index contributed by atoms with van der Waals surface area (Å²) in [7, 11) is 0. The van der Waals surface area contributed by atoms with Crippen molar-refractivity contribution in [3.8, 4) is 0 Å². The van der Waals surface area contributed by atoms with E-state index in [1.807, 2.05) is 6.92 Å². The number of ketones is 1. The number of Topliss-reactive ketones (excluding diaryl/α,β-unsaturated/α-hetero) is 1. The summed E-state index contributed by atoms with van der Waals surface area (Å²) in [5, 5.41) is 2.36. The average molecular weight is 235 g/mol. The van der Waals surface area contributed by atoms with Crippen LogP contribution in [0.1, 0.15) is 36.4 Å². The van der Waals surface area contributed by atoms with Crippen LogP contribution in [-0.2, 0) is 11.2 Å². The third-order valence-electron chi connectivity index (χ3n) is 2.70. The predicted molar refractivity (Wildman–Crippen MR) is 61.1 cm³/mol. The Kier molecular flexibility index (Phi) is 2.83. The molecule has 1 aliphatic rings. The molecule has 0 aromatic carbocycles. The lowest BCUT2D eigenvalue weighted by Crippen LogP contribution is -2.23. The van der Waals surface area contributed by atoms with Crippen molar-refractivity contribution in [1.82, 2.24) is 0 Å². The lowest BCUT2D eigenvalue weighted by Gasteiger charge is -2.18. The summed E-state index contributed by atoms with van der Waals surface area (Å²) in [6.07, 6.45) is 1.02. The maximum Gasteiger partial charge on any atom is 0.359 e. The van der Waals surface area contributed by atoms with Gasteiger partial charge in [-0.05, 0) is 12.0 Å². The van der Waals surface area contributed by atoms with E-state index in [0.29, 0.717) is 24.2 Å². The number of amides is 1. The van der Waals surface area contributed by atoms with Crippen LogP contribution >= 0.6 is 0 Å². The fourth-order valence-corrected chi connectivity index (χ4v) is 1.99. The van der Waals surface area contributed by atoms with Crippen molar-refractivity contribution in [3.63, 3.8) is 0 Å². The first-order valence-electron chi connectivity index (χ1n) is 5.45. The van der Waals surface area contributed by atoms with E-state index in [4.69, 9.17) is 4.42 Å². The van der Waals surface area contributed by atoms with E-state index >= 15 is 0 Å². The van der Waals surface area contributed by atoms with E-state index in [2.05, 4.69) is 5.32 Å². The largest absolute Gasteiger partial charge is 0.426 e. The number of anilines is 1. The van der Waals surface area contributed by atoms with E-state index < -0.39 is 5.63 Å². The van der Waals surface area contributed by atoms with E-state index in [1.54, 1.807) is 0 Å². The average Bonchev–Trinajstić information content (AvgIpc) is 2.19. The molecule has 0 fully saturated rings. The van der Waals surface area contributed by atoms with Crippen molar-refractivity contribution in [2.24, 2.45) is 5.92 Å². The molecule has 1 aliphatic carbocycles. The standard InChI is InChI=1S/C12H13NO4/c1-6-3-10(15)8-5-9(13-7(2)14)12(16)17-11(8)4-6/h5-6H,3-4H2,1-2H3,(H,13,14). The summed E-state index contributed by atoms with van der Waals surface area (Å²) in [6.45, 7) is 3.23. The molecule has 1 amide bonds. The Morgan fingerprint density at radius 1 is 1.41 bits per heavy atom. The third-order valence-corrected chi connectivity index (χ3v) is 2.70. The zero-order chi connectivity index (χ0) is 12.6. The van der Waals surface area contributed by atoms with Gasteiger partial charge in [0.05, 0.1) is 5.56 Å². The van der Waals surface area contributed by atoms with Crippen LogP contribution in [0.5, 0.6) is 0 Å². The smallest absolute Gasteiger partial charge is 0.359 e. The summed E-state index contributed by atoms with van der Waals surface area (Å²) in [5.74, 6) is 0.195. The lowest BCUT2D eigenvalue weighted by atomic mass is 9.88. The van der Waals surface area contributed by atoms with E-state index in [-0.39, 0.29) is 23.3 Å². The van der Waals surface area contributed by atoms with Crippen LogP contribution in [0.3, 0.4) is 0 Å². The molecule has 1 heterocycles. The SMILES string of the molecule is CC(=O)Nc1cc2c(oc1=O)CC(C)CC2=O. The van der Waals surface area contributed by atoms with E-state index in [1.165, 1.54) is 13.0 Å². The molecule has 1 unspecified atom stereocenters. The molecule has 90 valence electrons. The lowest BCUT2D eigenvalue weighted by molar-refractivity contribution is -0.114. The number of hydrogen-bond acceptors (Lipinski definition) is 4. The second-order valence-corrected chi connectivity index (χ2v) is 4.40. The quantitative estimate of drug-likeness (QED) is 0.797. The molecule has 0 spiro atoms. The number of carbonyl (C=O) groups is 2. The Labute approximate surface area is 97.8 Å². The van der Waals surface area contributed by atoms with Crippen molar-refractivity contribution in [3.05, 3.63) is 27.8 Å². The van der Waals surface area contributed by atoms with Gasteiger partial charge in [0, 0.05) is 19.8 Å². The molecule has 1 aromatic heterocycles. The summed E-state index contributed by atoms with van der Waals surface area (Å²) in [6, 6.07) is 1.41. The number of fused-ring (bicyclic) bond motifs is 1. The van der Waals surface area contributed by atoms with Crippen LogP contribution in [-0.4, -0.2) is 11.7 Å². The number of carbonyl (C=O) groups excluding carboxylic acids is 2. The van der Waals surface area contributed by atoms with Gasteiger partial charge >= 0.3 is 5.63 Å². The molecule has 0 saturated carbocycles. The van der Waals surface area contributed by atoms with Gasteiger partial charge in [-0.3, -0.25) is 9.59 Å². The molecule has 0 radical (unpaired) electrons. The number of hydrogen-bond donors (Lipinski definition) is 1. The highest BCUT2D eigenvalue weighted by molar-refractivity contribution is 5.99. The summed E-state index contributed by atoms with van der Waals surface area (Å²) < 4.78 is 5.08. The van der Waals surface area contributed by atoms with E-state index in [9.17, 15) is 14.4 Å². The molecule has 1 N–H and O–H groups in total. The first kappa shape index (κ1) is 11.6. The first-order valence-corrected chi connectivity index (χ1v) is 5.45. The topological polar surface area (TPSA) is 76.4 Å². The van der Waals surface area contributed by atoms with Crippen LogP contribution in [0.4, 0.5) is 5.69 Å². The van der Waals surface area contributed by atoms with Gasteiger partial charge in [-0.15, -0.1) is 0 Å². The molecule has 1 atom stereocenters. The predicted octanol–water partition coefficient (Wildman–Crippen LogP) is 1.36. The Hall–Kier alpha value is -1.91. The second kappa shape index (κ2) is 4.16. The summed E-state index contributed by atoms with van der Waals surface area (Å²) in [4.78, 5) is 34.2. The van der Waals surface area contributed by atoms with Gasteiger partial charge in [0.1, 0.15) is 11.4 Å². The van der Waals surface area contributed by atoms with Crippen LogP contribution in [0.25, 0.3) is 0 Å². The van der Waals surface area contributed by atoms with Crippen molar-refractivity contribution >= 4 is 17.4 Å². The molecule has 0 bridgehead atoms. The van der Waals surface area contributed by atoms with Gasteiger partial charge in [-0.1, -0.05) is 6.92 Å². The van der Waals surface area contributed by atoms with Crippen molar-refractivity contribution in [2.45, 2.75) is 26.7 Å². The molecule has 5 heteroatoms. The molecular weight excluding hydrogens is 222 g/mol. The minimum Gasteiger partial charge on any atom is -0.426 e. The second-order valence-electron chi connectivity index (χ2n) is 4.40. The van der Waals surface area contributed by atoms with Crippen molar-refractivity contribution in [2.75, 3.05) is 5.32 Å².